The third kappa shape index (κ3) is 6.03. The molecule has 2 N–H and O–H groups in total. The normalized spacial score (nSPS) is 12.2. The van der Waals surface area contributed by atoms with Crippen LogP contribution in [0.25, 0.3) is 0 Å². The Kier molecular flexibility index (Phi) is 7.44. The zero-order valence-corrected chi connectivity index (χ0v) is 19.5. The molecule has 0 aliphatic rings. The number of esters is 1. The number of amides is 1. The van der Waals surface area contributed by atoms with Gasteiger partial charge in [0.2, 0.25) is 10.0 Å². The minimum absolute atomic E-state index is 0.0372. The molecule has 0 fully saturated rings. The standard InChI is InChI=1S/C23H24N2O5S2/c1-15-9-10-21(16(2)12-15)25-22(26)17(3)30-23(27)18-6-4-8-20(13-18)32(28,29)24-14-19-7-5-11-31-19/h4-13,17,24H,14H2,1-3H3,(H,25,26). The van der Waals surface area contributed by atoms with Gasteiger partial charge in [-0.3, -0.25) is 4.79 Å². The average molecular weight is 473 g/mol. The maximum Gasteiger partial charge on any atom is 0.338 e. The number of anilines is 1. The number of carbonyl (C=O) groups excluding carboxylic acids is 2. The van der Waals surface area contributed by atoms with Crippen LogP contribution in [0.3, 0.4) is 0 Å². The molecule has 3 aromatic rings. The molecule has 0 radical (unpaired) electrons. The molecule has 0 aliphatic carbocycles. The van der Waals surface area contributed by atoms with Crippen LogP contribution in [0.2, 0.25) is 0 Å². The van der Waals surface area contributed by atoms with Crippen molar-refractivity contribution in [2.45, 2.75) is 38.3 Å². The fourth-order valence-electron chi connectivity index (χ4n) is 2.92. The number of hydrogen-bond acceptors (Lipinski definition) is 6. The summed E-state index contributed by atoms with van der Waals surface area (Å²) in [4.78, 5) is 25.8. The number of hydrogen-bond donors (Lipinski definition) is 2. The van der Waals surface area contributed by atoms with Gasteiger partial charge >= 0.3 is 5.97 Å². The fourth-order valence-corrected chi connectivity index (χ4v) is 4.71. The van der Waals surface area contributed by atoms with Gasteiger partial charge in [-0.2, -0.15) is 0 Å². The summed E-state index contributed by atoms with van der Waals surface area (Å²) in [6.45, 7) is 5.44. The molecular weight excluding hydrogens is 448 g/mol. The largest absolute Gasteiger partial charge is 0.449 e. The van der Waals surface area contributed by atoms with Crippen molar-refractivity contribution in [3.8, 4) is 0 Å². The molecule has 1 heterocycles. The molecule has 0 saturated heterocycles. The Hall–Kier alpha value is -3.01. The Balaban J connectivity index is 1.65. The predicted octanol–water partition coefficient (Wildman–Crippen LogP) is 4.03. The molecule has 1 aromatic heterocycles. The smallest absolute Gasteiger partial charge is 0.338 e. The average Bonchev–Trinajstić information content (AvgIpc) is 3.28. The van der Waals surface area contributed by atoms with E-state index in [1.165, 1.54) is 42.5 Å². The van der Waals surface area contributed by atoms with Crippen molar-refractivity contribution in [3.63, 3.8) is 0 Å². The number of aryl methyl sites for hydroxylation is 2. The Labute approximate surface area is 191 Å². The highest BCUT2D eigenvalue weighted by Gasteiger charge is 2.21. The highest BCUT2D eigenvalue weighted by Crippen LogP contribution is 2.18. The van der Waals surface area contributed by atoms with Crippen LogP contribution < -0.4 is 10.0 Å². The molecule has 2 aromatic carbocycles. The zero-order valence-electron chi connectivity index (χ0n) is 17.9. The van der Waals surface area contributed by atoms with E-state index in [1.807, 2.05) is 43.5 Å². The number of ether oxygens (including phenoxy) is 1. The molecule has 168 valence electrons. The SMILES string of the molecule is Cc1ccc(NC(=O)C(C)OC(=O)c2cccc(S(=O)(=O)NCc3cccs3)c2)c(C)c1. The molecule has 1 amide bonds. The maximum atomic E-state index is 12.6. The zero-order chi connectivity index (χ0) is 23.3. The first-order chi connectivity index (χ1) is 15.2. The van der Waals surface area contributed by atoms with Crippen LogP contribution in [0.4, 0.5) is 5.69 Å². The number of thiophene rings is 1. The van der Waals surface area contributed by atoms with E-state index < -0.39 is 28.0 Å². The predicted molar refractivity (Wildman–Crippen MR) is 124 cm³/mol. The Morgan fingerprint density at radius 2 is 1.84 bits per heavy atom. The molecule has 1 atom stereocenters. The van der Waals surface area contributed by atoms with E-state index in [2.05, 4.69) is 10.0 Å². The topological polar surface area (TPSA) is 102 Å². The van der Waals surface area contributed by atoms with Crippen molar-refractivity contribution in [2.75, 3.05) is 5.32 Å². The van der Waals surface area contributed by atoms with Gasteiger partial charge in [0.1, 0.15) is 0 Å². The van der Waals surface area contributed by atoms with Gasteiger partial charge in [0.05, 0.1) is 10.5 Å². The molecule has 9 heteroatoms. The maximum absolute atomic E-state index is 12.6. The molecule has 32 heavy (non-hydrogen) atoms. The molecule has 0 bridgehead atoms. The van der Waals surface area contributed by atoms with Crippen LogP contribution in [0, 0.1) is 13.8 Å². The minimum Gasteiger partial charge on any atom is -0.449 e. The highest BCUT2D eigenvalue weighted by atomic mass is 32.2. The number of benzene rings is 2. The van der Waals surface area contributed by atoms with Gasteiger partial charge in [-0.15, -0.1) is 11.3 Å². The van der Waals surface area contributed by atoms with E-state index >= 15 is 0 Å². The summed E-state index contributed by atoms with van der Waals surface area (Å²) in [5.74, 6) is -1.27. The number of nitrogens with one attached hydrogen (secondary N) is 2. The van der Waals surface area contributed by atoms with Crippen LogP contribution >= 0.6 is 11.3 Å². The second kappa shape index (κ2) is 10.1. The van der Waals surface area contributed by atoms with Crippen LogP contribution in [0.15, 0.2) is 64.9 Å². The van der Waals surface area contributed by atoms with Crippen molar-refractivity contribution in [2.24, 2.45) is 0 Å². The Morgan fingerprint density at radius 3 is 2.53 bits per heavy atom. The molecule has 0 aliphatic heterocycles. The van der Waals surface area contributed by atoms with E-state index in [1.54, 1.807) is 6.07 Å². The molecule has 0 spiro atoms. The summed E-state index contributed by atoms with van der Waals surface area (Å²) in [5.41, 5.74) is 2.63. The van der Waals surface area contributed by atoms with Crippen LogP contribution in [0.1, 0.15) is 33.3 Å². The van der Waals surface area contributed by atoms with Gasteiger partial charge in [0, 0.05) is 17.1 Å². The molecular formula is C23H24N2O5S2. The summed E-state index contributed by atoms with van der Waals surface area (Å²) in [7, 11) is -3.82. The number of rotatable bonds is 8. The van der Waals surface area contributed by atoms with E-state index in [-0.39, 0.29) is 17.0 Å². The van der Waals surface area contributed by atoms with Gasteiger partial charge in [0.15, 0.2) is 6.10 Å². The van der Waals surface area contributed by atoms with E-state index in [0.717, 1.165) is 16.0 Å². The second-order valence-electron chi connectivity index (χ2n) is 7.29. The number of sulfonamides is 1. The minimum atomic E-state index is -3.82. The first-order valence-corrected chi connectivity index (χ1v) is 12.2. The molecule has 3 rings (SSSR count). The Morgan fingerprint density at radius 1 is 1.06 bits per heavy atom. The summed E-state index contributed by atoms with van der Waals surface area (Å²) in [6.07, 6.45) is -1.07. The van der Waals surface area contributed by atoms with Crippen molar-refractivity contribution in [1.82, 2.24) is 4.72 Å². The first-order valence-electron chi connectivity index (χ1n) is 9.87. The van der Waals surface area contributed by atoms with Crippen molar-refractivity contribution < 1.29 is 22.7 Å². The molecule has 0 saturated carbocycles. The summed E-state index contributed by atoms with van der Waals surface area (Å²) in [6, 6.07) is 14.8. The number of carbonyl (C=O) groups is 2. The van der Waals surface area contributed by atoms with E-state index in [9.17, 15) is 18.0 Å². The summed E-state index contributed by atoms with van der Waals surface area (Å²) < 4.78 is 32.9. The molecule has 7 nitrogen and oxygen atoms in total. The first kappa shape index (κ1) is 23.6. The lowest BCUT2D eigenvalue weighted by molar-refractivity contribution is -0.123. The van der Waals surface area contributed by atoms with Crippen molar-refractivity contribution in [1.29, 1.82) is 0 Å². The third-order valence-corrected chi connectivity index (χ3v) is 6.96. The van der Waals surface area contributed by atoms with E-state index in [0.29, 0.717) is 5.69 Å². The summed E-state index contributed by atoms with van der Waals surface area (Å²) >= 11 is 1.44. The van der Waals surface area contributed by atoms with Crippen LogP contribution in [-0.4, -0.2) is 26.4 Å². The highest BCUT2D eigenvalue weighted by molar-refractivity contribution is 7.89. The van der Waals surface area contributed by atoms with E-state index in [4.69, 9.17) is 4.74 Å². The third-order valence-electron chi connectivity index (χ3n) is 4.69. The van der Waals surface area contributed by atoms with Gasteiger partial charge < -0.3 is 10.1 Å². The quantitative estimate of drug-likeness (QED) is 0.482. The van der Waals surface area contributed by atoms with Crippen molar-refractivity contribution >= 4 is 38.9 Å². The van der Waals surface area contributed by atoms with Gasteiger partial charge in [-0.25, -0.2) is 17.9 Å². The van der Waals surface area contributed by atoms with Gasteiger partial charge in [0.25, 0.3) is 5.91 Å². The summed E-state index contributed by atoms with van der Waals surface area (Å²) in [5, 5.41) is 4.60. The van der Waals surface area contributed by atoms with Crippen LogP contribution in [0.5, 0.6) is 0 Å². The lowest BCUT2D eigenvalue weighted by Gasteiger charge is -2.15. The second-order valence-corrected chi connectivity index (χ2v) is 10.1. The fraction of sp³-hybridized carbons (Fsp3) is 0.217. The van der Waals surface area contributed by atoms with Crippen molar-refractivity contribution in [3.05, 3.63) is 81.5 Å². The van der Waals surface area contributed by atoms with Gasteiger partial charge in [-0.1, -0.05) is 29.8 Å². The molecule has 1 unspecified atom stereocenters. The van der Waals surface area contributed by atoms with Gasteiger partial charge in [-0.05, 0) is 62.0 Å². The van der Waals surface area contributed by atoms with Crippen LogP contribution in [-0.2, 0) is 26.1 Å². The Bertz CT molecular complexity index is 1220. The lowest BCUT2D eigenvalue weighted by atomic mass is 10.1. The lowest BCUT2D eigenvalue weighted by Crippen LogP contribution is -2.30. The monoisotopic (exact) mass is 472 g/mol.